The van der Waals surface area contributed by atoms with Crippen LogP contribution in [-0.4, -0.2) is 24.1 Å². The van der Waals surface area contributed by atoms with E-state index in [1.165, 1.54) is 0 Å². The standard InChI is InChI=1S/C13H16F2N2O2/c1-13(12(16)18,17-10-2-3-10)7-19-11-5-8(14)4-9(15)6-11/h4-6,10,17H,2-3,7H2,1H3,(H2,16,18). The van der Waals surface area contributed by atoms with Gasteiger partial charge in [-0.15, -0.1) is 0 Å². The monoisotopic (exact) mass is 270 g/mol. The molecule has 2 rings (SSSR count). The summed E-state index contributed by atoms with van der Waals surface area (Å²) in [6.07, 6.45) is 1.97. The van der Waals surface area contributed by atoms with E-state index in [1.54, 1.807) is 6.92 Å². The van der Waals surface area contributed by atoms with Gasteiger partial charge in [-0.05, 0) is 19.8 Å². The van der Waals surface area contributed by atoms with Gasteiger partial charge in [-0.25, -0.2) is 8.78 Å². The molecule has 1 aliphatic carbocycles. The Hall–Kier alpha value is -1.69. The number of halogens is 2. The second-order valence-corrected chi connectivity index (χ2v) is 5.01. The molecule has 1 aliphatic rings. The quantitative estimate of drug-likeness (QED) is 0.820. The topological polar surface area (TPSA) is 64.3 Å². The number of carbonyl (C=O) groups is 1. The van der Waals surface area contributed by atoms with Crippen LogP contribution in [-0.2, 0) is 4.79 Å². The van der Waals surface area contributed by atoms with Gasteiger partial charge in [0.15, 0.2) is 0 Å². The van der Waals surface area contributed by atoms with Crippen LogP contribution in [0.25, 0.3) is 0 Å². The molecular weight excluding hydrogens is 254 g/mol. The lowest BCUT2D eigenvalue weighted by atomic mass is 10.0. The average Bonchev–Trinajstić information content (AvgIpc) is 3.09. The molecule has 19 heavy (non-hydrogen) atoms. The molecule has 1 unspecified atom stereocenters. The third kappa shape index (κ3) is 3.64. The number of carbonyl (C=O) groups excluding carboxylic acids is 1. The number of rotatable bonds is 6. The van der Waals surface area contributed by atoms with Crippen molar-refractivity contribution in [3.8, 4) is 5.75 Å². The van der Waals surface area contributed by atoms with E-state index in [-0.39, 0.29) is 18.4 Å². The normalized spacial score (nSPS) is 17.8. The van der Waals surface area contributed by atoms with Gasteiger partial charge in [0.2, 0.25) is 5.91 Å². The zero-order valence-electron chi connectivity index (χ0n) is 10.6. The van der Waals surface area contributed by atoms with Crippen LogP contribution in [0.2, 0.25) is 0 Å². The maximum atomic E-state index is 13.0. The average molecular weight is 270 g/mol. The predicted octanol–water partition coefficient (Wildman–Crippen LogP) is 1.34. The molecule has 6 heteroatoms. The Kier molecular flexibility index (Phi) is 3.71. The molecule has 0 radical (unpaired) electrons. The Labute approximate surface area is 109 Å². The molecule has 104 valence electrons. The summed E-state index contributed by atoms with van der Waals surface area (Å²) in [7, 11) is 0. The maximum Gasteiger partial charge on any atom is 0.240 e. The molecule has 1 fully saturated rings. The van der Waals surface area contributed by atoms with Crippen molar-refractivity contribution in [1.82, 2.24) is 5.32 Å². The van der Waals surface area contributed by atoms with Crippen molar-refractivity contribution < 1.29 is 18.3 Å². The van der Waals surface area contributed by atoms with Crippen molar-refractivity contribution in [1.29, 1.82) is 0 Å². The largest absolute Gasteiger partial charge is 0.491 e. The highest BCUT2D eigenvalue weighted by Gasteiger charge is 2.37. The zero-order valence-corrected chi connectivity index (χ0v) is 10.6. The number of nitrogens with one attached hydrogen (secondary N) is 1. The fourth-order valence-electron chi connectivity index (χ4n) is 1.70. The van der Waals surface area contributed by atoms with E-state index < -0.39 is 23.1 Å². The molecule has 1 amide bonds. The summed E-state index contributed by atoms with van der Waals surface area (Å²) in [6.45, 7) is 1.53. The first-order valence-electron chi connectivity index (χ1n) is 6.05. The highest BCUT2D eigenvalue weighted by Crippen LogP contribution is 2.23. The van der Waals surface area contributed by atoms with Crippen LogP contribution in [0.4, 0.5) is 8.78 Å². The van der Waals surface area contributed by atoms with Crippen LogP contribution >= 0.6 is 0 Å². The molecule has 1 aromatic carbocycles. The van der Waals surface area contributed by atoms with Gasteiger partial charge in [-0.1, -0.05) is 0 Å². The van der Waals surface area contributed by atoms with Crippen molar-refractivity contribution in [3.63, 3.8) is 0 Å². The lowest BCUT2D eigenvalue weighted by molar-refractivity contribution is -0.125. The van der Waals surface area contributed by atoms with Crippen molar-refractivity contribution in [2.75, 3.05) is 6.61 Å². The summed E-state index contributed by atoms with van der Waals surface area (Å²) in [4.78, 5) is 11.5. The molecule has 1 saturated carbocycles. The van der Waals surface area contributed by atoms with Gasteiger partial charge < -0.3 is 10.5 Å². The van der Waals surface area contributed by atoms with Crippen molar-refractivity contribution in [2.24, 2.45) is 5.73 Å². The van der Waals surface area contributed by atoms with E-state index >= 15 is 0 Å². The summed E-state index contributed by atoms with van der Waals surface area (Å²) in [5, 5.41) is 3.08. The van der Waals surface area contributed by atoms with Crippen LogP contribution in [0.1, 0.15) is 19.8 Å². The van der Waals surface area contributed by atoms with Crippen LogP contribution in [0.5, 0.6) is 5.75 Å². The summed E-state index contributed by atoms with van der Waals surface area (Å²) in [5.74, 6) is -1.99. The van der Waals surface area contributed by atoms with Crippen molar-refractivity contribution >= 4 is 5.91 Å². The van der Waals surface area contributed by atoms with Gasteiger partial charge in [0.05, 0.1) is 0 Å². The number of amides is 1. The fourth-order valence-corrected chi connectivity index (χ4v) is 1.70. The minimum absolute atomic E-state index is 0.0302. The number of ether oxygens (including phenoxy) is 1. The SMILES string of the molecule is CC(COc1cc(F)cc(F)c1)(NC1CC1)C(N)=O. The highest BCUT2D eigenvalue weighted by molar-refractivity contribution is 5.84. The lowest BCUT2D eigenvalue weighted by Crippen LogP contribution is -2.57. The van der Waals surface area contributed by atoms with Crippen LogP contribution in [0.3, 0.4) is 0 Å². The summed E-state index contributed by atoms with van der Waals surface area (Å²) < 4.78 is 31.3. The Morgan fingerprint density at radius 3 is 2.47 bits per heavy atom. The zero-order chi connectivity index (χ0) is 14.0. The first-order valence-corrected chi connectivity index (χ1v) is 6.05. The number of nitrogens with two attached hydrogens (primary N) is 1. The van der Waals surface area contributed by atoms with Gasteiger partial charge in [0, 0.05) is 24.2 Å². The van der Waals surface area contributed by atoms with Crippen LogP contribution in [0.15, 0.2) is 18.2 Å². The van der Waals surface area contributed by atoms with Crippen LogP contribution in [0, 0.1) is 11.6 Å². The van der Waals surface area contributed by atoms with Gasteiger partial charge in [-0.3, -0.25) is 10.1 Å². The summed E-state index contributed by atoms with van der Waals surface area (Å²) in [6, 6.07) is 3.12. The Morgan fingerprint density at radius 2 is 2.00 bits per heavy atom. The Bertz CT molecular complexity index is 471. The minimum atomic E-state index is -1.05. The molecule has 3 N–H and O–H groups in total. The van der Waals surface area contributed by atoms with E-state index in [9.17, 15) is 13.6 Å². The number of primary amides is 1. The van der Waals surface area contributed by atoms with Crippen LogP contribution < -0.4 is 15.8 Å². The number of hydrogen-bond donors (Lipinski definition) is 2. The summed E-state index contributed by atoms with van der Waals surface area (Å²) >= 11 is 0. The third-order valence-electron chi connectivity index (χ3n) is 3.01. The van der Waals surface area contributed by atoms with E-state index in [0.717, 1.165) is 31.0 Å². The number of benzene rings is 1. The van der Waals surface area contributed by atoms with Gasteiger partial charge in [-0.2, -0.15) is 0 Å². The maximum absolute atomic E-state index is 13.0. The highest BCUT2D eigenvalue weighted by atomic mass is 19.1. The van der Waals surface area contributed by atoms with E-state index in [1.807, 2.05) is 0 Å². The molecule has 4 nitrogen and oxygen atoms in total. The summed E-state index contributed by atoms with van der Waals surface area (Å²) in [5.41, 5.74) is 4.29. The molecule has 0 spiro atoms. The first kappa shape index (κ1) is 13.7. The minimum Gasteiger partial charge on any atom is -0.491 e. The van der Waals surface area contributed by atoms with Gasteiger partial charge in [0.25, 0.3) is 0 Å². The van der Waals surface area contributed by atoms with Crippen molar-refractivity contribution in [3.05, 3.63) is 29.8 Å². The molecular formula is C13H16F2N2O2. The fraction of sp³-hybridized carbons (Fsp3) is 0.462. The van der Waals surface area contributed by atoms with Gasteiger partial charge in [0.1, 0.15) is 29.5 Å². The van der Waals surface area contributed by atoms with E-state index in [0.29, 0.717) is 0 Å². The predicted molar refractivity (Wildman–Crippen MR) is 65.6 cm³/mol. The first-order chi connectivity index (χ1) is 8.89. The second-order valence-electron chi connectivity index (χ2n) is 5.01. The molecule has 1 atom stereocenters. The molecule has 0 aliphatic heterocycles. The third-order valence-corrected chi connectivity index (χ3v) is 3.01. The number of hydrogen-bond acceptors (Lipinski definition) is 3. The molecule has 0 heterocycles. The van der Waals surface area contributed by atoms with E-state index in [4.69, 9.17) is 10.5 Å². The molecule has 0 saturated heterocycles. The van der Waals surface area contributed by atoms with E-state index in [2.05, 4.69) is 5.32 Å². The van der Waals surface area contributed by atoms with Crippen molar-refractivity contribution in [2.45, 2.75) is 31.3 Å². The molecule has 0 aromatic heterocycles. The molecule has 0 bridgehead atoms. The second kappa shape index (κ2) is 5.13. The Morgan fingerprint density at radius 1 is 1.42 bits per heavy atom. The Balaban J connectivity index is 2.03. The smallest absolute Gasteiger partial charge is 0.240 e. The van der Waals surface area contributed by atoms with Gasteiger partial charge >= 0.3 is 0 Å². The lowest BCUT2D eigenvalue weighted by Gasteiger charge is -2.27. The molecule has 1 aromatic rings.